The number of hydrogen-bond acceptors (Lipinski definition) is 4. The van der Waals surface area contributed by atoms with Crippen molar-refractivity contribution in [2.45, 2.75) is 33.6 Å². The first-order valence-electron chi connectivity index (χ1n) is 5.27. The highest BCUT2D eigenvalue weighted by Crippen LogP contribution is 2.46. The van der Waals surface area contributed by atoms with Crippen molar-refractivity contribution in [1.29, 1.82) is 0 Å². The van der Waals surface area contributed by atoms with Gasteiger partial charge in [-0.1, -0.05) is 13.3 Å². The summed E-state index contributed by atoms with van der Waals surface area (Å²) < 4.78 is 22.1. The predicted octanol–water partition coefficient (Wildman–Crippen LogP) is 2.60. The van der Waals surface area contributed by atoms with Crippen LogP contribution in [0.2, 0.25) is 0 Å². The fourth-order valence-electron chi connectivity index (χ4n) is 1.04. The van der Waals surface area contributed by atoms with Crippen molar-refractivity contribution in [3.63, 3.8) is 0 Å². The Kier molecular flexibility index (Phi) is 8.49. The van der Waals surface area contributed by atoms with Gasteiger partial charge in [0.1, 0.15) is 0 Å². The molecule has 5 heteroatoms. The molecule has 0 aromatic carbocycles. The monoisotopic (exact) mass is 223 g/mol. The Bertz CT molecular complexity index is 165. The van der Waals surface area contributed by atoms with E-state index in [2.05, 4.69) is 12.2 Å². The van der Waals surface area contributed by atoms with Crippen LogP contribution in [0.5, 0.6) is 0 Å². The van der Waals surface area contributed by atoms with Crippen LogP contribution >= 0.6 is 7.60 Å². The maximum atomic E-state index is 11.9. The highest BCUT2D eigenvalue weighted by molar-refractivity contribution is 7.53. The number of nitrogens with one attached hydrogen (secondary N) is 1. The van der Waals surface area contributed by atoms with Crippen LogP contribution < -0.4 is 5.32 Å². The van der Waals surface area contributed by atoms with Gasteiger partial charge in [0.05, 0.1) is 19.5 Å². The van der Waals surface area contributed by atoms with Crippen molar-refractivity contribution < 1.29 is 13.6 Å². The summed E-state index contributed by atoms with van der Waals surface area (Å²) in [6.07, 6.45) is 2.52. The summed E-state index contributed by atoms with van der Waals surface area (Å²) in [5.41, 5.74) is 0. The lowest BCUT2D eigenvalue weighted by atomic mass is 10.3. The summed E-state index contributed by atoms with van der Waals surface area (Å²) in [5, 5.41) is 3.08. The maximum Gasteiger partial charge on any atom is 0.344 e. The molecule has 0 spiro atoms. The molecule has 1 N–H and O–H groups in total. The summed E-state index contributed by atoms with van der Waals surface area (Å²) in [6, 6.07) is 0. The van der Waals surface area contributed by atoms with Gasteiger partial charge in [0, 0.05) is 0 Å². The Morgan fingerprint density at radius 2 is 1.71 bits per heavy atom. The Balaban J connectivity index is 3.78. The normalized spacial score (nSPS) is 11.9. The minimum Gasteiger partial charge on any atom is -0.308 e. The van der Waals surface area contributed by atoms with E-state index in [-0.39, 0.29) is 0 Å². The van der Waals surface area contributed by atoms with E-state index in [1.807, 2.05) is 13.8 Å². The zero-order chi connectivity index (χ0) is 10.9. The molecule has 0 amide bonds. The summed E-state index contributed by atoms with van der Waals surface area (Å²) in [7, 11) is -2.87. The second-order valence-corrected chi connectivity index (χ2v) is 5.01. The molecule has 0 radical (unpaired) electrons. The fraction of sp³-hybridized carbons (Fsp3) is 1.00. The smallest absolute Gasteiger partial charge is 0.308 e. The lowest BCUT2D eigenvalue weighted by Gasteiger charge is -2.17. The number of unbranched alkanes of at least 4 members (excludes halogenated alkanes) is 1. The van der Waals surface area contributed by atoms with Gasteiger partial charge in [0.2, 0.25) is 0 Å². The van der Waals surface area contributed by atoms with Crippen LogP contribution in [-0.4, -0.2) is 26.0 Å². The van der Waals surface area contributed by atoms with Crippen LogP contribution in [0.15, 0.2) is 0 Å². The van der Waals surface area contributed by atoms with E-state index in [4.69, 9.17) is 9.05 Å². The summed E-state index contributed by atoms with van der Waals surface area (Å²) in [5.74, 6) is 0. The van der Waals surface area contributed by atoms with Crippen LogP contribution in [0.1, 0.15) is 33.6 Å². The molecular formula is C9H22NO3P. The molecule has 4 nitrogen and oxygen atoms in total. The first kappa shape index (κ1) is 14.1. The summed E-state index contributed by atoms with van der Waals surface area (Å²) in [4.78, 5) is 0. The molecule has 0 unspecified atom stereocenters. The van der Waals surface area contributed by atoms with Crippen molar-refractivity contribution >= 4 is 7.60 Å². The number of hydrogen-bond donors (Lipinski definition) is 1. The molecule has 0 aromatic rings. The first-order valence-corrected chi connectivity index (χ1v) is 7.00. The topological polar surface area (TPSA) is 47.6 Å². The molecular weight excluding hydrogens is 201 g/mol. The SMILES string of the molecule is CCCCNCP(=O)(OCC)OCC. The second kappa shape index (κ2) is 8.42. The van der Waals surface area contributed by atoms with E-state index >= 15 is 0 Å². The van der Waals surface area contributed by atoms with Crippen LogP contribution in [0.4, 0.5) is 0 Å². The van der Waals surface area contributed by atoms with E-state index in [0.29, 0.717) is 19.5 Å². The van der Waals surface area contributed by atoms with Crippen molar-refractivity contribution in [2.24, 2.45) is 0 Å². The van der Waals surface area contributed by atoms with Crippen LogP contribution in [0, 0.1) is 0 Å². The molecule has 0 aromatic heterocycles. The molecule has 14 heavy (non-hydrogen) atoms. The van der Waals surface area contributed by atoms with Gasteiger partial charge < -0.3 is 14.4 Å². The molecule has 0 fully saturated rings. The van der Waals surface area contributed by atoms with Crippen LogP contribution in [-0.2, 0) is 13.6 Å². The molecule has 0 saturated heterocycles. The average molecular weight is 223 g/mol. The zero-order valence-corrected chi connectivity index (χ0v) is 10.3. The third-order valence-electron chi connectivity index (χ3n) is 1.66. The largest absolute Gasteiger partial charge is 0.344 e. The van der Waals surface area contributed by atoms with Crippen LogP contribution in [0.25, 0.3) is 0 Å². The van der Waals surface area contributed by atoms with Crippen molar-refractivity contribution in [2.75, 3.05) is 26.0 Å². The molecule has 0 bridgehead atoms. The van der Waals surface area contributed by atoms with Gasteiger partial charge in [0.15, 0.2) is 0 Å². The van der Waals surface area contributed by atoms with E-state index in [1.54, 1.807) is 0 Å². The Morgan fingerprint density at radius 1 is 1.14 bits per heavy atom. The quantitative estimate of drug-likeness (QED) is 0.482. The second-order valence-electron chi connectivity index (χ2n) is 2.96. The summed E-state index contributed by atoms with van der Waals surface area (Å²) in [6.45, 7) is 7.46. The van der Waals surface area contributed by atoms with E-state index in [9.17, 15) is 4.57 Å². The first-order chi connectivity index (χ1) is 6.68. The minimum atomic E-state index is -2.87. The maximum absolute atomic E-state index is 11.9. The molecule has 0 aliphatic carbocycles. The lowest BCUT2D eigenvalue weighted by Crippen LogP contribution is -2.18. The van der Waals surface area contributed by atoms with Crippen molar-refractivity contribution in [1.82, 2.24) is 5.32 Å². The highest BCUT2D eigenvalue weighted by atomic mass is 31.2. The van der Waals surface area contributed by atoms with E-state index in [0.717, 1.165) is 19.4 Å². The third kappa shape index (κ3) is 6.55. The van der Waals surface area contributed by atoms with Gasteiger partial charge in [-0.25, -0.2) is 0 Å². The van der Waals surface area contributed by atoms with E-state index < -0.39 is 7.60 Å². The average Bonchev–Trinajstić information content (AvgIpc) is 2.13. The summed E-state index contributed by atoms with van der Waals surface area (Å²) >= 11 is 0. The van der Waals surface area contributed by atoms with Gasteiger partial charge in [-0.3, -0.25) is 4.57 Å². The third-order valence-corrected chi connectivity index (χ3v) is 3.58. The minimum absolute atomic E-state index is 0.314. The fourth-order valence-corrected chi connectivity index (χ4v) is 2.52. The predicted molar refractivity (Wildman–Crippen MR) is 58.6 cm³/mol. The lowest BCUT2D eigenvalue weighted by molar-refractivity contribution is 0.218. The molecule has 0 saturated carbocycles. The molecule has 0 aliphatic heterocycles. The Labute approximate surface area is 86.9 Å². The highest BCUT2D eigenvalue weighted by Gasteiger charge is 2.22. The van der Waals surface area contributed by atoms with Crippen LogP contribution in [0.3, 0.4) is 0 Å². The molecule has 86 valence electrons. The molecule has 0 heterocycles. The van der Waals surface area contributed by atoms with Gasteiger partial charge in [-0.2, -0.15) is 0 Å². The Morgan fingerprint density at radius 3 is 2.14 bits per heavy atom. The van der Waals surface area contributed by atoms with Gasteiger partial charge in [0.25, 0.3) is 0 Å². The Hall–Kier alpha value is 0.110. The molecule has 0 aliphatic rings. The van der Waals surface area contributed by atoms with Gasteiger partial charge in [-0.15, -0.1) is 0 Å². The van der Waals surface area contributed by atoms with Crippen molar-refractivity contribution in [3.05, 3.63) is 0 Å². The molecule has 0 rings (SSSR count). The number of rotatable bonds is 9. The van der Waals surface area contributed by atoms with Gasteiger partial charge >= 0.3 is 7.60 Å². The van der Waals surface area contributed by atoms with Crippen molar-refractivity contribution in [3.8, 4) is 0 Å². The van der Waals surface area contributed by atoms with E-state index in [1.165, 1.54) is 0 Å². The zero-order valence-electron chi connectivity index (χ0n) is 9.41. The molecule has 0 atom stereocenters. The van der Waals surface area contributed by atoms with Gasteiger partial charge in [-0.05, 0) is 26.8 Å². The standard InChI is InChI=1S/C9H22NO3P/c1-4-7-8-10-9-14(11,12-5-2)13-6-3/h10H,4-9H2,1-3H3.